The minimum Gasteiger partial charge on any atom is -0.365 e. The molecule has 1 aromatic heterocycles. The SMILES string of the molecule is CC1CCCN(c2cccnc2C#N)C1CN. The van der Waals surface area contributed by atoms with Crippen LogP contribution in [0.15, 0.2) is 18.3 Å². The number of anilines is 1. The van der Waals surface area contributed by atoms with Gasteiger partial charge in [0.15, 0.2) is 5.69 Å². The highest BCUT2D eigenvalue weighted by molar-refractivity contribution is 5.56. The highest BCUT2D eigenvalue weighted by atomic mass is 15.2. The Hall–Kier alpha value is -1.60. The van der Waals surface area contributed by atoms with Crippen LogP contribution in [0.25, 0.3) is 0 Å². The average molecular weight is 230 g/mol. The second kappa shape index (κ2) is 5.15. The first-order chi connectivity index (χ1) is 8.27. The van der Waals surface area contributed by atoms with Crippen molar-refractivity contribution in [2.24, 2.45) is 11.7 Å². The van der Waals surface area contributed by atoms with E-state index in [9.17, 15) is 0 Å². The Labute approximate surface area is 102 Å². The van der Waals surface area contributed by atoms with E-state index in [0.717, 1.165) is 18.7 Å². The summed E-state index contributed by atoms with van der Waals surface area (Å²) >= 11 is 0. The average Bonchev–Trinajstić information content (AvgIpc) is 2.38. The van der Waals surface area contributed by atoms with E-state index < -0.39 is 0 Å². The highest BCUT2D eigenvalue weighted by Crippen LogP contribution is 2.29. The summed E-state index contributed by atoms with van der Waals surface area (Å²) in [7, 11) is 0. The topological polar surface area (TPSA) is 65.9 Å². The fraction of sp³-hybridized carbons (Fsp3) is 0.538. The lowest BCUT2D eigenvalue weighted by Gasteiger charge is -2.41. The summed E-state index contributed by atoms with van der Waals surface area (Å²) in [6.45, 7) is 3.82. The van der Waals surface area contributed by atoms with Crippen LogP contribution in [0.2, 0.25) is 0 Å². The lowest BCUT2D eigenvalue weighted by Crippen LogP contribution is -2.49. The van der Waals surface area contributed by atoms with Crippen molar-refractivity contribution in [2.75, 3.05) is 18.0 Å². The smallest absolute Gasteiger partial charge is 0.163 e. The van der Waals surface area contributed by atoms with Crippen molar-refractivity contribution in [1.29, 1.82) is 5.26 Å². The van der Waals surface area contributed by atoms with E-state index in [1.807, 2.05) is 12.1 Å². The summed E-state index contributed by atoms with van der Waals surface area (Å²) < 4.78 is 0. The highest BCUT2D eigenvalue weighted by Gasteiger charge is 2.28. The van der Waals surface area contributed by atoms with E-state index in [2.05, 4.69) is 22.9 Å². The number of rotatable bonds is 2. The quantitative estimate of drug-likeness (QED) is 0.836. The summed E-state index contributed by atoms with van der Waals surface area (Å²) in [4.78, 5) is 6.37. The van der Waals surface area contributed by atoms with Crippen LogP contribution in [-0.4, -0.2) is 24.1 Å². The molecular weight excluding hydrogens is 212 g/mol. The molecule has 4 nitrogen and oxygen atoms in total. The van der Waals surface area contributed by atoms with Crippen LogP contribution in [0.5, 0.6) is 0 Å². The third kappa shape index (κ3) is 2.25. The first-order valence-corrected chi connectivity index (χ1v) is 6.09. The number of hydrogen-bond donors (Lipinski definition) is 1. The predicted molar refractivity (Wildman–Crippen MR) is 67.5 cm³/mol. The van der Waals surface area contributed by atoms with Gasteiger partial charge in [-0.05, 0) is 30.9 Å². The van der Waals surface area contributed by atoms with Gasteiger partial charge in [0.05, 0.1) is 5.69 Å². The van der Waals surface area contributed by atoms with Crippen molar-refractivity contribution in [3.63, 3.8) is 0 Å². The molecule has 2 unspecified atom stereocenters. The zero-order valence-corrected chi connectivity index (χ0v) is 10.1. The normalized spacial score (nSPS) is 24.4. The van der Waals surface area contributed by atoms with Crippen molar-refractivity contribution in [3.8, 4) is 6.07 Å². The monoisotopic (exact) mass is 230 g/mol. The van der Waals surface area contributed by atoms with Gasteiger partial charge < -0.3 is 10.6 Å². The van der Waals surface area contributed by atoms with Crippen molar-refractivity contribution >= 4 is 5.69 Å². The third-order valence-electron chi connectivity index (χ3n) is 3.56. The Balaban J connectivity index is 2.34. The van der Waals surface area contributed by atoms with Gasteiger partial charge in [0.1, 0.15) is 6.07 Å². The molecule has 90 valence electrons. The molecule has 0 radical (unpaired) electrons. The van der Waals surface area contributed by atoms with Crippen LogP contribution >= 0.6 is 0 Å². The van der Waals surface area contributed by atoms with Gasteiger partial charge >= 0.3 is 0 Å². The van der Waals surface area contributed by atoms with Gasteiger partial charge in [-0.2, -0.15) is 5.26 Å². The van der Waals surface area contributed by atoms with Gasteiger partial charge in [0.2, 0.25) is 0 Å². The number of pyridine rings is 1. The van der Waals surface area contributed by atoms with Crippen LogP contribution in [0.3, 0.4) is 0 Å². The molecule has 0 aromatic carbocycles. The number of nitrogens with two attached hydrogens (primary N) is 1. The molecule has 1 fully saturated rings. The summed E-state index contributed by atoms with van der Waals surface area (Å²) in [6.07, 6.45) is 4.02. The Morgan fingerprint density at radius 1 is 1.65 bits per heavy atom. The zero-order chi connectivity index (χ0) is 12.3. The maximum atomic E-state index is 9.10. The van der Waals surface area contributed by atoms with Gasteiger partial charge in [0.25, 0.3) is 0 Å². The number of nitrogens with zero attached hydrogens (tertiary/aromatic N) is 3. The lowest BCUT2D eigenvalue weighted by atomic mass is 9.90. The van der Waals surface area contributed by atoms with Crippen molar-refractivity contribution in [3.05, 3.63) is 24.0 Å². The largest absolute Gasteiger partial charge is 0.365 e. The fourth-order valence-corrected chi connectivity index (χ4v) is 2.62. The van der Waals surface area contributed by atoms with E-state index in [1.54, 1.807) is 6.20 Å². The predicted octanol–water partition coefficient (Wildman–Crippen LogP) is 1.52. The molecule has 0 aliphatic carbocycles. The standard InChI is InChI=1S/C13H18N4/c1-10-4-3-7-17(13(10)9-15)12-5-2-6-16-11(12)8-14/h2,5-6,10,13H,3-4,7,9,15H2,1H3. The molecule has 1 aromatic rings. The van der Waals surface area contributed by atoms with Gasteiger partial charge in [-0.1, -0.05) is 6.92 Å². The molecule has 4 heteroatoms. The summed E-state index contributed by atoms with van der Waals surface area (Å²) in [5.74, 6) is 0.570. The lowest BCUT2D eigenvalue weighted by molar-refractivity contribution is 0.349. The second-order valence-electron chi connectivity index (χ2n) is 4.60. The Kier molecular flexibility index (Phi) is 3.60. The molecule has 0 saturated carbocycles. The van der Waals surface area contributed by atoms with Crippen LogP contribution in [0.4, 0.5) is 5.69 Å². The van der Waals surface area contributed by atoms with Crippen molar-refractivity contribution in [2.45, 2.75) is 25.8 Å². The van der Waals surface area contributed by atoms with E-state index in [4.69, 9.17) is 11.0 Å². The number of piperidine rings is 1. The maximum absolute atomic E-state index is 9.10. The number of nitriles is 1. The van der Waals surface area contributed by atoms with E-state index in [1.165, 1.54) is 6.42 Å². The zero-order valence-electron chi connectivity index (χ0n) is 10.1. The van der Waals surface area contributed by atoms with Gasteiger partial charge in [-0.25, -0.2) is 4.98 Å². The molecule has 2 rings (SSSR count). The van der Waals surface area contributed by atoms with Crippen LogP contribution < -0.4 is 10.6 Å². The van der Waals surface area contributed by atoms with Crippen molar-refractivity contribution in [1.82, 2.24) is 4.98 Å². The third-order valence-corrected chi connectivity index (χ3v) is 3.56. The minimum atomic E-state index is 0.319. The molecule has 1 aliphatic heterocycles. The molecule has 1 aliphatic rings. The fourth-order valence-electron chi connectivity index (χ4n) is 2.62. The molecule has 2 atom stereocenters. The molecular formula is C13H18N4. The summed E-state index contributed by atoms with van der Waals surface area (Å²) in [6, 6.07) is 6.32. The van der Waals surface area contributed by atoms with E-state index >= 15 is 0 Å². The number of aromatic nitrogens is 1. The molecule has 0 bridgehead atoms. The Morgan fingerprint density at radius 2 is 2.47 bits per heavy atom. The van der Waals surface area contributed by atoms with Gasteiger partial charge in [0, 0.05) is 25.3 Å². The van der Waals surface area contributed by atoms with Crippen LogP contribution in [-0.2, 0) is 0 Å². The molecule has 2 N–H and O–H groups in total. The minimum absolute atomic E-state index is 0.319. The van der Waals surface area contributed by atoms with Gasteiger partial charge in [-0.3, -0.25) is 0 Å². The van der Waals surface area contributed by atoms with E-state index in [0.29, 0.717) is 24.2 Å². The van der Waals surface area contributed by atoms with E-state index in [-0.39, 0.29) is 0 Å². The summed E-state index contributed by atoms with van der Waals surface area (Å²) in [5.41, 5.74) is 7.30. The molecule has 0 amide bonds. The first kappa shape index (κ1) is 11.9. The molecule has 1 saturated heterocycles. The Morgan fingerprint density at radius 3 is 3.18 bits per heavy atom. The van der Waals surface area contributed by atoms with Crippen LogP contribution in [0.1, 0.15) is 25.5 Å². The summed E-state index contributed by atoms with van der Waals surface area (Å²) in [5, 5.41) is 9.10. The van der Waals surface area contributed by atoms with Crippen LogP contribution in [0, 0.1) is 17.2 Å². The Bertz CT molecular complexity index is 424. The maximum Gasteiger partial charge on any atom is 0.163 e. The number of hydrogen-bond acceptors (Lipinski definition) is 4. The molecule has 2 heterocycles. The molecule has 17 heavy (non-hydrogen) atoms. The first-order valence-electron chi connectivity index (χ1n) is 6.09. The van der Waals surface area contributed by atoms with Crippen molar-refractivity contribution < 1.29 is 0 Å². The molecule has 0 spiro atoms. The van der Waals surface area contributed by atoms with Gasteiger partial charge in [-0.15, -0.1) is 0 Å². The second-order valence-corrected chi connectivity index (χ2v) is 4.60.